The van der Waals surface area contributed by atoms with Gasteiger partial charge in [0.05, 0.1) is 14.2 Å². The van der Waals surface area contributed by atoms with Crippen molar-refractivity contribution in [2.45, 2.75) is 6.92 Å². The van der Waals surface area contributed by atoms with Gasteiger partial charge in [-0.25, -0.2) is 4.79 Å². The van der Waals surface area contributed by atoms with Crippen molar-refractivity contribution >= 4 is 23.0 Å². The molecule has 0 spiro atoms. The van der Waals surface area contributed by atoms with Gasteiger partial charge < -0.3 is 19.0 Å². The van der Waals surface area contributed by atoms with Gasteiger partial charge in [-0.05, 0) is 61.0 Å². The maximum absolute atomic E-state index is 11.0. The Morgan fingerprint density at radius 2 is 1.80 bits per heavy atom. The summed E-state index contributed by atoms with van der Waals surface area (Å²) in [6.07, 6.45) is 1.60. The average Bonchev–Trinajstić information content (AvgIpc) is 3.05. The first-order valence-corrected chi connectivity index (χ1v) is 7.69. The molecule has 2 aromatic carbocycles. The number of carbonyl (C=O) groups is 1. The first kappa shape index (κ1) is 16.6. The Morgan fingerprint density at radius 3 is 2.40 bits per heavy atom. The van der Waals surface area contributed by atoms with Crippen LogP contribution in [-0.2, 0) is 4.79 Å². The summed E-state index contributed by atoms with van der Waals surface area (Å²) in [6.45, 7) is 1.55. The van der Waals surface area contributed by atoms with Gasteiger partial charge in [0.2, 0.25) is 0 Å². The molecule has 5 heteroatoms. The molecular weight excluding hydrogens is 320 g/mol. The van der Waals surface area contributed by atoms with Crippen LogP contribution in [0.25, 0.3) is 28.4 Å². The number of carboxylic acids is 1. The van der Waals surface area contributed by atoms with E-state index in [9.17, 15) is 4.79 Å². The molecule has 0 radical (unpaired) electrons. The molecule has 128 valence electrons. The Hall–Kier alpha value is -3.21. The molecule has 0 atom stereocenters. The number of fused-ring (bicyclic) bond motifs is 1. The fourth-order valence-electron chi connectivity index (χ4n) is 2.59. The second kappa shape index (κ2) is 6.73. The Balaban J connectivity index is 2.09. The Kier molecular flexibility index (Phi) is 4.48. The summed E-state index contributed by atoms with van der Waals surface area (Å²) in [5.41, 5.74) is 2.53. The molecule has 0 amide bonds. The summed E-state index contributed by atoms with van der Waals surface area (Å²) in [5.74, 6) is 1.08. The van der Waals surface area contributed by atoms with E-state index in [2.05, 4.69) is 0 Å². The van der Waals surface area contributed by atoms with E-state index >= 15 is 0 Å². The third-order valence-electron chi connectivity index (χ3n) is 3.92. The number of carboxylic acid groups (broad SMARTS) is 1. The van der Waals surface area contributed by atoms with Gasteiger partial charge in [-0.15, -0.1) is 0 Å². The van der Waals surface area contributed by atoms with Gasteiger partial charge in [0.25, 0.3) is 0 Å². The van der Waals surface area contributed by atoms with Crippen molar-refractivity contribution in [2.24, 2.45) is 0 Å². The van der Waals surface area contributed by atoms with E-state index in [4.69, 9.17) is 19.0 Å². The molecule has 0 unspecified atom stereocenters. The quantitative estimate of drug-likeness (QED) is 0.688. The van der Waals surface area contributed by atoms with Gasteiger partial charge in [0, 0.05) is 16.5 Å². The van der Waals surface area contributed by atoms with Crippen LogP contribution < -0.4 is 9.47 Å². The van der Waals surface area contributed by atoms with E-state index in [1.54, 1.807) is 33.3 Å². The molecule has 0 saturated carbocycles. The molecule has 0 aliphatic rings. The number of methoxy groups -OCH3 is 2. The molecular formula is C20H18O5. The maximum Gasteiger partial charge on any atom is 0.331 e. The molecule has 25 heavy (non-hydrogen) atoms. The SMILES string of the molecule is COc1ccc(-c2cc3cc(C=C(C)C(=O)O)cc(OC)c3o2)cc1. The maximum atomic E-state index is 11.0. The van der Waals surface area contributed by atoms with E-state index in [0.717, 1.165) is 22.3 Å². The molecule has 1 heterocycles. The Labute approximate surface area is 145 Å². The minimum Gasteiger partial charge on any atom is -0.497 e. The van der Waals surface area contributed by atoms with Crippen molar-refractivity contribution in [2.75, 3.05) is 14.2 Å². The van der Waals surface area contributed by atoms with Crippen LogP contribution in [0.5, 0.6) is 11.5 Å². The lowest BCUT2D eigenvalue weighted by atomic mass is 10.1. The van der Waals surface area contributed by atoms with Gasteiger partial charge in [-0.2, -0.15) is 0 Å². The van der Waals surface area contributed by atoms with Crippen LogP contribution in [0, 0.1) is 0 Å². The number of benzene rings is 2. The summed E-state index contributed by atoms with van der Waals surface area (Å²) >= 11 is 0. The van der Waals surface area contributed by atoms with E-state index in [1.165, 1.54) is 0 Å². The van der Waals surface area contributed by atoms with Gasteiger partial charge in [0.1, 0.15) is 11.5 Å². The summed E-state index contributed by atoms with van der Waals surface area (Å²) in [7, 11) is 3.18. The molecule has 1 aromatic heterocycles. The number of hydrogen-bond acceptors (Lipinski definition) is 4. The lowest BCUT2D eigenvalue weighted by Gasteiger charge is -2.03. The lowest BCUT2D eigenvalue weighted by molar-refractivity contribution is -0.132. The number of aliphatic carboxylic acids is 1. The summed E-state index contributed by atoms with van der Waals surface area (Å²) < 4.78 is 16.5. The normalized spacial score (nSPS) is 11.6. The molecule has 0 saturated heterocycles. The topological polar surface area (TPSA) is 68.9 Å². The van der Waals surface area contributed by atoms with Crippen LogP contribution in [0.1, 0.15) is 12.5 Å². The summed E-state index contributed by atoms with van der Waals surface area (Å²) in [5, 5.41) is 9.89. The zero-order chi connectivity index (χ0) is 18.0. The standard InChI is InChI=1S/C20H18O5/c1-12(20(21)22)8-13-9-15-11-17(25-19(15)18(10-13)24-3)14-4-6-16(23-2)7-5-14/h4-11H,1-3H3,(H,21,22). The van der Waals surface area contributed by atoms with Crippen LogP contribution in [0.2, 0.25) is 0 Å². The summed E-state index contributed by atoms with van der Waals surface area (Å²) in [6, 6.07) is 13.1. The zero-order valence-electron chi connectivity index (χ0n) is 14.2. The van der Waals surface area contributed by atoms with Crippen LogP contribution in [-0.4, -0.2) is 25.3 Å². The first-order chi connectivity index (χ1) is 12.0. The summed E-state index contributed by atoms with van der Waals surface area (Å²) in [4.78, 5) is 11.0. The minimum absolute atomic E-state index is 0.250. The van der Waals surface area contributed by atoms with Crippen LogP contribution in [0.15, 0.2) is 52.5 Å². The van der Waals surface area contributed by atoms with Crippen LogP contribution in [0.4, 0.5) is 0 Å². The van der Waals surface area contributed by atoms with Crippen LogP contribution >= 0.6 is 0 Å². The highest BCUT2D eigenvalue weighted by Crippen LogP contribution is 2.35. The molecule has 0 bridgehead atoms. The Bertz CT molecular complexity index is 948. The minimum atomic E-state index is -0.954. The van der Waals surface area contributed by atoms with Crippen molar-refractivity contribution in [1.82, 2.24) is 0 Å². The predicted octanol–water partition coefficient (Wildman–Crippen LogP) is 4.60. The van der Waals surface area contributed by atoms with Crippen molar-refractivity contribution in [1.29, 1.82) is 0 Å². The van der Waals surface area contributed by atoms with Gasteiger partial charge >= 0.3 is 5.97 Å². The first-order valence-electron chi connectivity index (χ1n) is 7.69. The molecule has 5 nitrogen and oxygen atoms in total. The van der Waals surface area contributed by atoms with Crippen molar-refractivity contribution in [3.63, 3.8) is 0 Å². The Morgan fingerprint density at radius 1 is 1.08 bits per heavy atom. The monoisotopic (exact) mass is 338 g/mol. The van der Waals surface area contributed by atoms with Crippen molar-refractivity contribution in [3.05, 3.63) is 53.6 Å². The molecule has 3 rings (SSSR count). The lowest BCUT2D eigenvalue weighted by Crippen LogP contribution is -1.95. The second-order valence-corrected chi connectivity index (χ2v) is 5.61. The third kappa shape index (κ3) is 3.35. The van der Waals surface area contributed by atoms with Crippen LogP contribution in [0.3, 0.4) is 0 Å². The fourth-order valence-corrected chi connectivity index (χ4v) is 2.59. The van der Waals surface area contributed by atoms with E-state index < -0.39 is 5.97 Å². The molecule has 3 aromatic rings. The number of ether oxygens (including phenoxy) is 2. The molecule has 0 aliphatic carbocycles. The zero-order valence-corrected chi connectivity index (χ0v) is 14.2. The second-order valence-electron chi connectivity index (χ2n) is 5.61. The van der Waals surface area contributed by atoms with Gasteiger partial charge in [-0.3, -0.25) is 0 Å². The van der Waals surface area contributed by atoms with Crippen molar-refractivity contribution < 1.29 is 23.8 Å². The average molecular weight is 338 g/mol. The number of hydrogen-bond donors (Lipinski definition) is 1. The third-order valence-corrected chi connectivity index (χ3v) is 3.92. The van der Waals surface area contributed by atoms with Gasteiger partial charge in [-0.1, -0.05) is 0 Å². The smallest absolute Gasteiger partial charge is 0.331 e. The highest BCUT2D eigenvalue weighted by atomic mass is 16.5. The fraction of sp³-hybridized carbons (Fsp3) is 0.150. The highest BCUT2D eigenvalue weighted by Gasteiger charge is 2.13. The molecule has 0 aliphatic heterocycles. The largest absolute Gasteiger partial charge is 0.497 e. The number of furan rings is 1. The molecule has 0 fully saturated rings. The van der Waals surface area contributed by atoms with Gasteiger partial charge in [0.15, 0.2) is 11.3 Å². The van der Waals surface area contributed by atoms with E-state index in [-0.39, 0.29) is 5.57 Å². The predicted molar refractivity (Wildman–Crippen MR) is 96.0 cm³/mol. The molecule has 1 N–H and O–H groups in total. The van der Waals surface area contributed by atoms with E-state index in [1.807, 2.05) is 36.4 Å². The number of rotatable bonds is 5. The van der Waals surface area contributed by atoms with E-state index in [0.29, 0.717) is 17.1 Å². The van der Waals surface area contributed by atoms with Crippen molar-refractivity contribution in [3.8, 4) is 22.8 Å². The highest BCUT2D eigenvalue weighted by molar-refractivity contribution is 5.94.